The standard InChI is InChI=1S/C16H15F3N2OS2/c17-16(18,19)12-3-1-11(2-4-12)13-10-24-14(20-13)9-15(23)21-5-7-22-8-6-21/h1-4,10H,5-9H2. The van der Waals surface area contributed by atoms with Gasteiger partial charge in [0.05, 0.1) is 40.9 Å². The Morgan fingerprint density at radius 3 is 2.50 bits per heavy atom. The van der Waals surface area contributed by atoms with E-state index < -0.39 is 11.7 Å². The van der Waals surface area contributed by atoms with Crippen molar-refractivity contribution in [2.45, 2.75) is 12.6 Å². The highest BCUT2D eigenvalue weighted by Gasteiger charge is 2.30. The van der Waals surface area contributed by atoms with Crippen molar-refractivity contribution in [3.8, 4) is 11.3 Å². The van der Waals surface area contributed by atoms with Crippen molar-refractivity contribution >= 4 is 28.5 Å². The smallest absolute Gasteiger partial charge is 0.378 e. The molecule has 1 aromatic carbocycles. The number of benzene rings is 1. The van der Waals surface area contributed by atoms with Crippen LogP contribution in [0.5, 0.6) is 0 Å². The van der Waals surface area contributed by atoms with E-state index in [2.05, 4.69) is 9.88 Å². The molecule has 1 fully saturated rings. The maximum absolute atomic E-state index is 12.6. The number of ether oxygens (including phenoxy) is 1. The van der Waals surface area contributed by atoms with Gasteiger partial charge in [-0.2, -0.15) is 13.2 Å². The van der Waals surface area contributed by atoms with Crippen LogP contribution in [0.25, 0.3) is 11.3 Å². The lowest BCUT2D eigenvalue weighted by Gasteiger charge is -2.28. The second kappa shape index (κ2) is 7.16. The molecule has 0 unspecified atom stereocenters. The third-order valence-corrected chi connectivity index (χ3v) is 4.98. The number of thiocarbonyl (C=S) groups is 1. The number of rotatable bonds is 3. The summed E-state index contributed by atoms with van der Waals surface area (Å²) in [5.74, 6) is 0. The van der Waals surface area contributed by atoms with Crippen molar-refractivity contribution in [3.05, 3.63) is 40.2 Å². The van der Waals surface area contributed by atoms with Crippen LogP contribution < -0.4 is 0 Å². The first kappa shape index (κ1) is 17.3. The highest BCUT2D eigenvalue weighted by atomic mass is 32.1. The van der Waals surface area contributed by atoms with E-state index in [1.807, 2.05) is 5.38 Å². The Morgan fingerprint density at radius 2 is 1.88 bits per heavy atom. The van der Waals surface area contributed by atoms with Crippen LogP contribution >= 0.6 is 23.6 Å². The Morgan fingerprint density at radius 1 is 1.21 bits per heavy atom. The minimum absolute atomic E-state index is 0.570. The van der Waals surface area contributed by atoms with Gasteiger partial charge >= 0.3 is 6.18 Å². The Balaban J connectivity index is 1.67. The van der Waals surface area contributed by atoms with E-state index in [0.717, 1.165) is 35.2 Å². The topological polar surface area (TPSA) is 25.4 Å². The minimum Gasteiger partial charge on any atom is -0.378 e. The van der Waals surface area contributed by atoms with Gasteiger partial charge < -0.3 is 9.64 Å². The van der Waals surface area contributed by atoms with Crippen LogP contribution in [0.15, 0.2) is 29.6 Å². The summed E-state index contributed by atoms with van der Waals surface area (Å²) in [4.78, 5) is 7.43. The van der Waals surface area contributed by atoms with Gasteiger partial charge in [0.2, 0.25) is 0 Å². The van der Waals surface area contributed by atoms with Gasteiger partial charge in [-0.25, -0.2) is 4.98 Å². The average molecular weight is 372 g/mol. The second-order valence-corrected chi connectivity index (χ2v) is 6.79. The monoisotopic (exact) mass is 372 g/mol. The van der Waals surface area contributed by atoms with E-state index in [1.54, 1.807) is 0 Å². The number of aromatic nitrogens is 1. The molecule has 128 valence electrons. The Labute approximate surface area is 147 Å². The van der Waals surface area contributed by atoms with E-state index in [4.69, 9.17) is 17.0 Å². The highest BCUT2D eigenvalue weighted by molar-refractivity contribution is 7.80. The van der Waals surface area contributed by atoms with Gasteiger partial charge in [0.1, 0.15) is 0 Å². The van der Waals surface area contributed by atoms with Gasteiger partial charge in [-0.15, -0.1) is 11.3 Å². The molecule has 0 spiro atoms. The SMILES string of the molecule is FC(F)(F)c1ccc(-c2csc(CC(=S)N3CCOCC3)n2)cc1. The van der Waals surface area contributed by atoms with Gasteiger partial charge in [0, 0.05) is 24.0 Å². The largest absolute Gasteiger partial charge is 0.416 e. The van der Waals surface area contributed by atoms with E-state index in [-0.39, 0.29) is 0 Å². The highest BCUT2D eigenvalue weighted by Crippen LogP contribution is 2.31. The summed E-state index contributed by atoms with van der Waals surface area (Å²) >= 11 is 6.92. The molecule has 1 aromatic heterocycles. The molecule has 0 atom stereocenters. The summed E-state index contributed by atoms with van der Waals surface area (Å²) in [6.45, 7) is 2.93. The average Bonchev–Trinajstić information content (AvgIpc) is 3.03. The fourth-order valence-electron chi connectivity index (χ4n) is 2.41. The molecule has 0 radical (unpaired) electrons. The molecule has 24 heavy (non-hydrogen) atoms. The number of nitrogens with zero attached hydrogens (tertiary/aromatic N) is 2. The van der Waals surface area contributed by atoms with Crippen LogP contribution in [0.3, 0.4) is 0 Å². The predicted molar refractivity (Wildman–Crippen MR) is 91.2 cm³/mol. The zero-order chi connectivity index (χ0) is 17.2. The number of hydrogen-bond acceptors (Lipinski definition) is 4. The third kappa shape index (κ3) is 4.12. The summed E-state index contributed by atoms with van der Waals surface area (Å²) in [6.07, 6.45) is -3.75. The number of morpholine rings is 1. The zero-order valence-corrected chi connectivity index (χ0v) is 14.3. The second-order valence-electron chi connectivity index (χ2n) is 5.37. The first-order valence-electron chi connectivity index (χ1n) is 7.41. The molecule has 0 amide bonds. The minimum atomic E-state index is -4.32. The quantitative estimate of drug-likeness (QED) is 0.760. The van der Waals surface area contributed by atoms with Gasteiger partial charge in [-0.05, 0) is 12.1 Å². The predicted octanol–water partition coefficient (Wildman–Crippen LogP) is 4.03. The summed E-state index contributed by atoms with van der Waals surface area (Å²) < 4.78 is 43.1. The number of alkyl halides is 3. The summed E-state index contributed by atoms with van der Waals surface area (Å²) in [7, 11) is 0. The summed E-state index contributed by atoms with van der Waals surface area (Å²) in [5.41, 5.74) is 0.687. The molecule has 0 saturated carbocycles. The van der Waals surface area contributed by atoms with E-state index in [9.17, 15) is 13.2 Å². The fraction of sp³-hybridized carbons (Fsp3) is 0.375. The van der Waals surface area contributed by atoms with Crippen LogP contribution in [0.2, 0.25) is 0 Å². The van der Waals surface area contributed by atoms with E-state index in [0.29, 0.717) is 30.9 Å². The maximum Gasteiger partial charge on any atom is 0.416 e. The number of hydrogen-bond donors (Lipinski definition) is 0. The molecule has 1 saturated heterocycles. The molecule has 1 aliphatic rings. The van der Waals surface area contributed by atoms with Gasteiger partial charge in [0.25, 0.3) is 0 Å². The molecule has 8 heteroatoms. The normalized spacial score (nSPS) is 15.5. The number of halogens is 3. The molecular weight excluding hydrogens is 357 g/mol. The molecule has 3 rings (SSSR count). The van der Waals surface area contributed by atoms with Crippen molar-refractivity contribution < 1.29 is 17.9 Å². The van der Waals surface area contributed by atoms with Crippen LogP contribution in [0, 0.1) is 0 Å². The third-order valence-electron chi connectivity index (χ3n) is 3.73. The molecule has 3 nitrogen and oxygen atoms in total. The van der Waals surface area contributed by atoms with Crippen molar-refractivity contribution in [2.75, 3.05) is 26.3 Å². The van der Waals surface area contributed by atoms with Crippen molar-refractivity contribution in [1.29, 1.82) is 0 Å². The first-order chi connectivity index (χ1) is 11.4. The molecule has 0 bridgehead atoms. The lowest BCUT2D eigenvalue weighted by atomic mass is 10.1. The molecule has 0 N–H and O–H groups in total. The van der Waals surface area contributed by atoms with E-state index in [1.165, 1.54) is 23.5 Å². The molecular formula is C16H15F3N2OS2. The van der Waals surface area contributed by atoms with E-state index >= 15 is 0 Å². The maximum atomic E-state index is 12.6. The summed E-state index contributed by atoms with van der Waals surface area (Å²) in [5, 5.41) is 2.71. The van der Waals surface area contributed by atoms with Crippen molar-refractivity contribution in [1.82, 2.24) is 9.88 Å². The van der Waals surface area contributed by atoms with Crippen LogP contribution in [0.4, 0.5) is 13.2 Å². The van der Waals surface area contributed by atoms with Crippen LogP contribution in [-0.2, 0) is 17.3 Å². The lowest BCUT2D eigenvalue weighted by Crippen LogP contribution is -2.40. The first-order valence-corrected chi connectivity index (χ1v) is 8.70. The van der Waals surface area contributed by atoms with Gasteiger partial charge in [-0.3, -0.25) is 0 Å². The van der Waals surface area contributed by atoms with Crippen molar-refractivity contribution in [2.24, 2.45) is 0 Å². The lowest BCUT2D eigenvalue weighted by molar-refractivity contribution is -0.137. The molecule has 1 aliphatic heterocycles. The van der Waals surface area contributed by atoms with Gasteiger partial charge in [0.15, 0.2) is 0 Å². The molecule has 2 heterocycles. The van der Waals surface area contributed by atoms with Gasteiger partial charge in [-0.1, -0.05) is 24.4 Å². The van der Waals surface area contributed by atoms with Crippen LogP contribution in [-0.4, -0.2) is 41.2 Å². The van der Waals surface area contributed by atoms with Crippen LogP contribution in [0.1, 0.15) is 10.6 Å². The Kier molecular flexibility index (Phi) is 5.17. The Bertz CT molecular complexity index is 707. The summed E-state index contributed by atoms with van der Waals surface area (Å²) in [6, 6.07) is 5.04. The Hall–Kier alpha value is -1.51. The molecule has 2 aromatic rings. The molecule has 0 aliphatic carbocycles. The number of thiazole rings is 1. The van der Waals surface area contributed by atoms with Crippen molar-refractivity contribution in [3.63, 3.8) is 0 Å². The zero-order valence-electron chi connectivity index (χ0n) is 12.7. The fourth-order valence-corrected chi connectivity index (χ4v) is 3.63.